The summed E-state index contributed by atoms with van der Waals surface area (Å²) >= 11 is 0. The van der Waals surface area contributed by atoms with Crippen molar-refractivity contribution in [1.82, 2.24) is 14.9 Å². The number of hydrazine groups is 1. The zero-order valence-corrected chi connectivity index (χ0v) is 11.8. The van der Waals surface area contributed by atoms with Crippen LogP contribution in [0.4, 0.5) is 11.6 Å². The van der Waals surface area contributed by atoms with Gasteiger partial charge in [-0.3, -0.25) is 0 Å². The third-order valence-corrected chi connectivity index (χ3v) is 3.39. The lowest BCUT2D eigenvalue weighted by Crippen LogP contribution is -2.29. The maximum Gasteiger partial charge on any atom is 0.145 e. The molecule has 1 aliphatic heterocycles. The fourth-order valence-electron chi connectivity index (χ4n) is 2.48. The van der Waals surface area contributed by atoms with Crippen LogP contribution < -0.4 is 16.6 Å². The fraction of sp³-hybridized carbons (Fsp3) is 0.692. The molecule has 1 aromatic rings. The van der Waals surface area contributed by atoms with Crippen LogP contribution in [0.25, 0.3) is 0 Å². The first-order valence-corrected chi connectivity index (χ1v) is 6.96. The Labute approximate surface area is 114 Å². The Morgan fingerprint density at radius 2 is 2.00 bits per heavy atom. The van der Waals surface area contributed by atoms with Crippen LogP contribution in [0.15, 0.2) is 6.07 Å². The van der Waals surface area contributed by atoms with Gasteiger partial charge in [0.15, 0.2) is 0 Å². The fourth-order valence-corrected chi connectivity index (χ4v) is 2.48. The molecule has 1 fully saturated rings. The standard InChI is InChI=1S/C13H24N6/c1-10(9-19-5-3-4-6-19)8-15-12-7-13(18-14)17-11(2)16-12/h7,10H,3-6,8-9,14H2,1-2H3,(H2,15,16,17,18). The predicted octanol–water partition coefficient (Wildman–Crippen LogP) is 1.21. The normalized spacial score (nSPS) is 17.4. The van der Waals surface area contributed by atoms with Crippen molar-refractivity contribution in [2.24, 2.45) is 11.8 Å². The molecule has 0 saturated carbocycles. The molecule has 106 valence electrons. The molecule has 4 N–H and O–H groups in total. The van der Waals surface area contributed by atoms with Crippen LogP contribution in [-0.4, -0.2) is 41.0 Å². The van der Waals surface area contributed by atoms with E-state index >= 15 is 0 Å². The van der Waals surface area contributed by atoms with Crippen molar-refractivity contribution >= 4 is 11.6 Å². The first kappa shape index (κ1) is 14.0. The molecule has 19 heavy (non-hydrogen) atoms. The number of nitrogens with zero attached hydrogens (tertiary/aromatic N) is 3. The number of likely N-dealkylation sites (tertiary alicyclic amines) is 1. The van der Waals surface area contributed by atoms with Crippen LogP contribution in [0, 0.1) is 12.8 Å². The number of anilines is 2. The summed E-state index contributed by atoms with van der Waals surface area (Å²) < 4.78 is 0. The number of aryl methyl sites for hydroxylation is 1. The van der Waals surface area contributed by atoms with Gasteiger partial charge in [-0.1, -0.05) is 6.92 Å². The van der Waals surface area contributed by atoms with Crippen molar-refractivity contribution in [3.63, 3.8) is 0 Å². The van der Waals surface area contributed by atoms with E-state index in [0.717, 1.165) is 18.9 Å². The SMILES string of the molecule is Cc1nc(NN)cc(NCC(C)CN2CCCC2)n1. The summed E-state index contributed by atoms with van der Waals surface area (Å²) in [6.07, 6.45) is 2.69. The van der Waals surface area contributed by atoms with Crippen LogP contribution in [0.5, 0.6) is 0 Å². The molecule has 1 atom stereocenters. The lowest BCUT2D eigenvalue weighted by molar-refractivity contribution is 0.294. The number of rotatable bonds is 6. The van der Waals surface area contributed by atoms with E-state index in [1.165, 1.54) is 25.9 Å². The Bertz CT molecular complexity index is 402. The molecule has 6 nitrogen and oxygen atoms in total. The summed E-state index contributed by atoms with van der Waals surface area (Å²) in [6.45, 7) is 8.69. The summed E-state index contributed by atoms with van der Waals surface area (Å²) in [6, 6.07) is 1.83. The zero-order chi connectivity index (χ0) is 13.7. The first-order chi connectivity index (χ1) is 9.17. The largest absolute Gasteiger partial charge is 0.370 e. The minimum absolute atomic E-state index is 0.600. The first-order valence-electron chi connectivity index (χ1n) is 6.96. The lowest BCUT2D eigenvalue weighted by atomic mass is 10.1. The molecule has 0 spiro atoms. The number of nitrogens with one attached hydrogen (secondary N) is 2. The molecule has 1 saturated heterocycles. The summed E-state index contributed by atoms with van der Waals surface area (Å²) in [7, 11) is 0. The summed E-state index contributed by atoms with van der Waals surface area (Å²) in [5.41, 5.74) is 2.56. The highest BCUT2D eigenvalue weighted by molar-refractivity contribution is 5.46. The second-order valence-corrected chi connectivity index (χ2v) is 5.32. The summed E-state index contributed by atoms with van der Waals surface area (Å²) in [5.74, 6) is 8.16. The van der Waals surface area contributed by atoms with Crippen molar-refractivity contribution in [2.75, 3.05) is 36.9 Å². The smallest absolute Gasteiger partial charge is 0.145 e. The predicted molar refractivity (Wildman–Crippen MR) is 77.9 cm³/mol. The summed E-state index contributed by atoms with van der Waals surface area (Å²) in [5, 5.41) is 3.36. The Kier molecular flexibility index (Phi) is 4.93. The maximum absolute atomic E-state index is 5.38. The van der Waals surface area contributed by atoms with Crippen molar-refractivity contribution in [3.8, 4) is 0 Å². The molecule has 1 unspecified atom stereocenters. The van der Waals surface area contributed by atoms with Gasteiger partial charge in [0.05, 0.1) is 0 Å². The van der Waals surface area contributed by atoms with Gasteiger partial charge in [0, 0.05) is 19.2 Å². The lowest BCUT2D eigenvalue weighted by Gasteiger charge is -2.20. The topological polar surface area (TPSA) is 79.1 Å². The molecule has 0 aliphatic carbocycles. The second kappa shape index (κ2) is 6.68. The molecule has 1 aromatic heterocycles. The van der Waals surface area contributed by atoms with Crippen LogP contribution in [0.2, 0.25) is 0 Å². The van der Waals surface area contributed by atoms with Crippen molar-refractivity contribution in [3.05, 3.63) is 11.9 Å². The second-order valence-electron chi connectivity index (χ2n) is 5.32. The highest BCUT2D eigenvalue weighted by Crippen LogP contribution is 2.13. The van der Waals surface area contributed by atoms with Crippen LogP contribution in [-0.2, 0) is 0 Å². The Balaban J connectivity index is 1.82. The third kappa shape index (κ3) is 4.33. The highest BCUT2D eigenvalue weighted by atomic mass is 15.3. The maximum atomic E-state index is 5.38. The molecular weight excluding hydrogens is 240 g/mol. The van der Waals surface area contributed by atoms with E-state index in [1.807, 2.05) is 13.0 Å². The van der Waals surface area contributed by atoms with Crippen molar-refractivity contribution < 1.29 is 0 Å². The molecule has 0 bridgehead atoms. The van der Waals surface area contributed by atoms with E-state index in [0.29, 0.717) is 17.6 Å². The van der Waals surface area contributed by atoms with Crippen LogP contribution in [0.1, 0.15) is 25.6 Å². The Morgan fingerprint density at radius 3 is 2.68 bits per heavy atom. The molecule has 0 radical (unpaired) electrons. The molecule has 0 amide bonds. The van der Waals surface area contributed by atoms with E-state index in [4.69, 9.17) is 5.84 Å². The average Bonchev–Trinajstić information content (AvgIpc) is 2.88. The van der Waals surface area contributed by atoms with E-state index in [9.17, 15) is 0 Å². The quantitative estimate of drug-likeness (QED) is 0.529. The zero-order valence-electron chi connectivity index (χ0n) is 11.8. The average molecular weight is 264 g/mol. The minimum atomic E-state index is 0.600. The van der Waals surface area contributed by atoms with Gasteiger partial charge >= 0.3 is 0 Å². The van der Waals surface area contributed by atoms with E-state index in [-0.39, 0.29) is 0 Å². The molecular formula is C13H24N6. The van der Waals surface area contributed by atoms with Gasteiger partial charge in [0.25, 0.3) is 0 Å². The Morgan fingerprint density at radius 1 is 1.32 bits per heavy atom. The highest BCUT2D eigenvalue weighted by Gasteiger charge is 2.14. The van der Waals surface area contributed by atoms with Crippen molar-refractivity contribution in [1.29, 1.82) is 0 Å². The van der Waals surface area contributed by atoms with Crippen LogP contribution >= 0.6 is 0 Å². The van der Waals surface area contributed by atoms with Gasteiger partial charge in [-0.15, -0.1) is 0 Å². The van der Waals surface area contributed by atoms with E-state index in [2.05, 4.69) is 32.5 Å². The molecule has 1 aliphatic rings. The number of hydrogen-bond acceptors (Lipinski definition) is 6. The number of nitrogen functional groups attached to an aromatic ring is 1. The number of nitrogens with two attached hydrogens (primary N) is 1. The van der Waals surface area contributed by atoms with Gasteiger partial charge in [0.2, 0.25) is 0 Å². The molecule has 0 aromatic carbocycles. The van der Waals surface area contributed by atoms with Gasteiger partial charge in [-0.2, -0.15) is 0 Å². The third-order valence-electron chi connectivity index (χ3n) is 3.39. The Hall–Kier alpha value is -1.40. The van der Waals surface area contributed by atoms with Gasteiger partial charge in [-0.25, -0.2) is 15.8 Å². The van der Waals surface area contributed by atoms with Gasteiger partial charge in [0.1, 0.15) is 17.5 Å². The van der Waals surface area contributed by atoms with E-state index in [1.54, 1.807) is 0 Å². The number of aromatic nitrogens is 2. The summed E-state index contributed by atoms with van der Waals surface area (Å²) in [4.78, 5) is 11.1. The molecule has 2 rings (SSSR count). The van der Waals surface area contributed by atoms with Crippen molar-refractivity contribution in [2.45, 2.75) is 26.7 Å². The van der Waals surface area contributed by atoms with Gasteiger partial charge < -0.3 is 15.6 Å². The number of hydrogen-bond donors (Lipinski definition) is 3. The molecule has 2 heterocycles. The monoisotopic (exact) mass is 264 g/mol. The minimum Gasteiger partial charge on any atom is -0.370 e. The van der Waals surface area contributed by atoms with E-state index < -0.39 is 0 Å². The van der Waals surface area contributed by atoms with Gasteiger partial charge in [-0.05, 0) is 38.8 Å². The van der Waals surface area contributed by atoms with Crippen LogP contribution in [0.3, 0.4) is 0 Å². The molecule has 6 heteroatoms.